The lowest BCUT2D eigenvalue weighted by molar-refractivity contribution is 0.568. The van der Waals surface area contributed by atoms with Gasteiger partial charge in [-0.25, -0.2) is 0 Å². The molecule has 0 saturated carbocycles. The van der Waals surface area contributed by atoms with Crippen LogP contribution in [0.1, 0.15) is 0 Å². The Hall–Kier alpha value is -7.42. The molecule has 15 nitrogen and oxygen atoms in total. The van der Waals surface area contributed by atoms with Crippen LogP contribution in [0.3, 0.4) is 0 Å². The van der Waals surface area contributed by atoms with Crippen molar-refractivity contribution in [3.8, 4) is 91.6 Å². The molecule has 5 heterocycles. The number of aromatic nitrogens is 10. The molecule has 5 aromatic heterocycles. The van der Waals surface area contributed by atoms with Crippen molar-refractivity contribution in [2.24, 2.45) is 0 Å². The predicted octanol–water partition coefficient (Wildman–Crippen LogP) is 6.94. The maximum absolute atomic E-state index is 6.09. The Bertz CT molecular complexity index is 2360. The molecular weight excluding hydrogens is 628 g/mol. The number of hydrogen-bond acceptors (Lipinski definition) is 15. The van der Waals surface area contributed by atoms with Crippen LogP contribution in [0.4, 0.5) is 0 Å². The minimum Gasteiger partial charge on any atom is -0.423 e. The molecule has 0 aliphatic heterocycles. The van der Waals surface area contributed by atoms with Crippen LogP contribution in [0.25, 0.3) is 91.6 Å². The van der Waals surface area contributed by atoms with E-state index in [1.165, 1.54) is 12.8 Å². The van der Waals surface area contributed by atoms with Gasteiger partial charge in [0.1, 0.15) is 0 Å². The monoisotopic (exact) mass is 646 g/mol. The normalized spacial score (nSPS) is 11.3. The first kappa shape index (κ1) is 27.9. The highest BCUT2D eigenvalue weighted by molar-refractivity contribution is 5.70. The predicted molar refractivity (Wildman–Crippen MR) is 169 cm³/mol. The summed E-state index contributed by atoms with van der Waals surface area (Å²) in [4.78, 5) is 0. The first-order chi connectivity index (χ1) is 24.2. The van der Waals surface area contributed by atoms with Gasteiger partial charge >= 0.3 is 0 Å². The van der Waals surface area contributed by atoms with E-state index in [1.807, 2.05) is 97.1 Å². The van der Waals surface area contributed by atoms with Gasteiger partial charge in [0, 0.05) is 44.5 Å². The number of rotatable bonds is 8. The van der Waals surface area contributed by atoms with E-state index >= 15 is 0 Å². The average molecular weight is 647 g/mol. The van der Waals surface area contributed by atoms with Crippen molar-refractivity contribution in [2.45, 2.75) is 0 Å². The Kier molecular flexibility index (Phi) is 6.67. The second-order valence-electron chi connectivity index (χ2n) is 10.5. The largest absolute Gasteiger partial charge is 0.423 e. The minimum absolute atomic E-state index is 0.315. The summed E-state index contributed by atoms with van der Waals surface area (Å²) in [5.41, 5.74) is 5.60. The maximum Gasteiger partial charge on any atom is 0.248 e. The van der Waals surface area contributed by atoms with Gasteiger partial charge in [0.25, 0.3) is 0 Å². The summed E-state index contributed by atoms with van der Waals surface area (Å²) in [6.45, 7) is 0. The van der Waals surface area contributed by atoms with Crippen LogP contribution >= 0.6 is 0 Å². The molecule has 0 atom stereocenters. The Balaban J connectivity index is 0.948. The van der Waals surface area contributed by atoms with Crippen LogP contribution in [0.5, 0.6) is 0 Å². The average Bonchev–Trinajstić information content (AvgIpc) is 4.02. The van der Waals surface area contributed by atoms with E-state index in [-0.39, 0.29) is 0 Å². The molecule has 0 fully saturated rings. The molecule has 0 saturated heterocycles. The van der Waals surface area contributed by atoms with E-state index in [1.54, 1.807) is 0 Å². The van der Waals surface area contributed by atoms with Gasteiger partial charge in [-0.1, -0.05) is 24.3 Å². The van der Waals surface area contributed by atoms with Gasteiger partial charge in [-0.2, -0.15) is 0 Å². The molecule has 9 rings (SSSR count). The smallest absolute Gasteiger partial charge is 0.248 e. The van der Waals surface area contributed by atoms with Crippen molar-refractivity contribution in [3.63, 3.8) is 0 Å². The van der Waals surface area contributed by atoms with Crippen molar-refractivity contribution < 1.29 is 22.1 Å². The molecule has 234 valence electrons. The van der Waals surface area contributed by atoms with E-state index in [9.17, 15) is 0 Å². The molecule has 49 heavy (non-hydrogen) atoms. The highest BCUT2D eigenvalue weighted by Crippen LogP contribution is 2.32. The summed E-state index contributed by atoms with van der Waals surface area (Å²) in [6, 6.07) is 29.6. The van der Waals surface area contributed by atoms with Crippen molar-refractivity contribution in [1.29, 1.82) is 0 Å². The first-order valence-electron chi connectivity index (χ1n) is 14.7. The molecule has 0 aliphatic rings. The summed E-state index contributed by atoms with van der Waals surface area (Å²) in [7, 11) is 0. The molecule has 0 radical (unpaired) electrons. The molecule has 15 heteroatoms. The van der Waals surface area contributed by atoms with Gasteiger partial charge in [-0.3, -0.25) is 0 Å². The molecule has 9 aromatic rings. The fraction of sp³-hybridized carbons (Fsp3) is 0. The topological polar surface area (TPSA) is 195 Å². The highest BCUT2D eigenvalue weighted by atomic mass is 16.4. The van der Waals surface area contributed by atoms with Gasteiger partial charge in [0.2, 0.25) is 59.9 Å². The van der Waals surface area contributed by atoms with Gasteiger partial charge < -0.3 is 22.1 Å². The van der Waals surface area contributed by atoms with Crippen molar-refractivity contribution in [2.75, 3.05) is 0 Å². The Morgan fingerprint density at radius 1 is 0.286 bits per heavy atom. The second kappa shape index (κ2) is 11.7. The zero-order chi connectivity index (χ0) is 32.6. The van der Waals surface area contributed by atoms with Crippen LogP contribution in [-0.2, 0) is 0 Å². The first-order valence-corrected chi connectivity index (χ1v) is 14.7. The lowest BCUT2D eigenvalue weighted by Crippen LogP contribution is -1.82. The van der Waals surface area contributed by atoms with E-state index in [0.29, 0.717) is 80.5 Å². The van der Waals surface area contributed by atoms with E-state index < -0.39 is 0 Å². The van der Waals surface area contributed by atoms with E-state index in [4.69, 9.17) is 22.1 Å². The summed E-state index contributed by atoms with van der Waals surface area (Å²) in [6.07, 6.45) is 2.55. The van der Waals surface area contributed by atoms with Gasteiger partial charge in [-0.05, 0) is 72.8 Å². The summed E-state index contributed by atoms with van der Waals surface area (Å²) in [5.74, 6) is 2.75. The zero-order valence-electron chi connectivity index (χ0n) is 24.9. The SMILES string of the molecule is c1cc(-c2nnco2)cc(-c2nnc(-c3cccc(-c4nnc(-c5cccc(-c6nnc(-c7cccc(-c8nnco8)c7)o6)c5)o4)c3)o2)c1. The quantitative estimate of drug-likeness (QED) is 0.164. The van der Waals surface area contributed by atoms with Gasteiger partial charge in [-0.15, -0.1) is 51.0 Å². The third kappa shape index (κ3) is 5.42. The van der Waals surface area contributed by atoms with Crippen LogP contribution in [0.15, 0.2) is 132 Å². The van der Waals surface area contributed by atoms with Crippen LogP contribution in [-0.4, -0.2) is 51.0 Å². The van der Waals surface area contributed by atoms with Crippen molar-refractivity contribution in [1.82, 2.24) is 51.0 Å². The Morgan fingerprint density at radius 3 is 0.755 bits per heavy atom. The van der Waals surface area contributed by atoms with Crippen LogP contribution in [0, 0.1) is 0 Å². The lowest BCUT2D eigenvalue weighted by atomic mass is 10.1. The third-order valence-electron chi connectivity index (χ3n) is 7.42. The third-order valence-corrected chi connectivity index (χ3v) is 7.42. The number of benzene rings is 4. The van der Waals surface area contributed by atoms with E-state index in [0.717, 1.165) is 11.1 Å². The fourth-order valence-electron chi connectivity index (χ4n) is 5.11. The molecule has 0 spiro atoms. The van der Waals surface area contributed by atoms with Crippen LogP contribution < -0.4 is 0 Å². The molecular formula is C34H18N10O5. The highest BCUT2D eigenvalue weighted by Gasteiger charge is 2.18. The van der Waals surface area contributed by atoms with Crippen molar-refractivity contribution >= 4 is 0 Å². The Morgan fingerprint density at radius 2 is 0.531 bits per heavy atom. The fourth-order valence-corrected chi connectivity index (χ4v) is 5.11. The van der Waals surface area contributed by atoms with Gasteiger partial charge in [0.15, 0.2) is 0 Å². The molecule has 0 aliphatic carbocycles. The molecule has 0 bridgehead atoms. The minimum atomic E-state index is 0.315. The maximum atomic E-state index is 6.09. The summed E-state index contributed by atoms with van der Waals surface area (Å²) in [5, 5.41) is 40.9. The summed E-state index contributed by atoms with van der Waals surface area (Å²) < 4.78 is 28.7. The van der Waals surface area contributed by atoms with Crippen molar-refractivity contribution in [3.05, 3.63) is 110 Å². The summed E-state index contributed by atoms with van der Waals surface area (Å²) >= 11 is 0. The molecule has 0 amide bonds. The lowest BCUT2D eigenvalue weighted by Gasteiger charge is -2.00. The molecule has 0 unspecified atom stereocenters. The number of hydrogen-bond donors (Lipinski definition) is 0. The zero-order valence-corrected chi connectivity index (χ0v) is 24.9. The second-order valence-corrected chi connectivity index (χ2v) is 10.5. The molecule has 4 aromatic carbocycles. The van der Waals surface area contributed by atoms with E-state index in [2.05, 4.69) is 51.0 Å². The standard InChI is InChI=1S/C34H18N10O5/c1-5-19(27-37-35-17-45-27)13-21(7-1)29-39-41-31(47-29)23-9-3-11-25(15-23)33-43-44-34(49-33)26-12-4-10-24(16-26)32-42-40-30(48-32)22-8-2-6-20(14-22)28-38-36-18-46-28/h1-18H. The van der Waals surface area contributed by atoms with Gasteiger partial charge in [0.05, 0.1) is 0 Å². The number of nitrogens with zero attached hydrogens (tertiary/aromatic N) is 10. The molecule has 0 N–H and O–H groups in total. The Labute approximate surface area is 274 Å². The van der Waals surface area contributed by atoms with Crippen LogP contribution in [0.2, 0.25) is 0 Å².